The molecule has 0 aliphatic heterocycles. The lowest BCUT2D eigenvalue weighted by Crippen LogP contribution is -2.30. The van der Waals surface area contributed by atoms with E-state index in [1.165, 1.54) is 0 Å². The number of aliphatic carboxylic acids is 1. The zero-order chi connectivity index (χ0) is 15.4. The Kier molecular flexibility index (Phi) is 4.54. The zero-order valence-corrected chi connectivity index (χ0v) is 12.2. The van der Waals surface area contributed by atoms with Crippen LogP contribution in [-0.4, -0.2) is 22.0 Å². The van der Waals surface area contributed by atoms with E-state index in [4.69, 9.17) is 10.8 Å². The maximum atomic E-state index is 12.3. The molecule has 7 heteroatoms. The number of hydrogen-bond donors (Lipinski definition) is 3. The molecule has 2 rings (SSSR count). The molecule has 0 aliphatic rings. The fraction of sp³-hybridized carbons (Fsp3) is 0.214. The molecule has 1 heterocycles. The normalized spacial score (nSPS) is 11.9. The van der Waals surface area contributed by atoms with Crippen LogP contribution in [-0.2, 0) is 4.79 Å². The van der Waals surface area contributed by atoms with Crippen molar-refractivity contribution in [2.75, 3.05) is 5.73 Å². The van der Waals surface area contributed by atoms with Crippen molar-refractivity contribution in [2.45, 2.75) is 19.4 Å². The summed E-state index contributed by atoms with van der Waals surface area (Å²) in [5.74, 6) is -1.35. The van der Waals surface area contributed by atoms with Gasteiger partial charge in [0.15, 0.2) is 5.13 Å². The Hall–Kier alpha value is -2.41. The highest BCUT2D eigenvalue weighted by Crippen LogP contribution is 2.22. The highest BCUT2D eigenvalue weighted by atomic mass is 32.1. The van der Waals surface area contributed by atoms with Gasteiger partial charge in [-0.05, 0) is 12.5 Å². The molecule has 4 N–H and O–H groups in total. The Bertz CT molecular complexity index is 655. The minimum Gasteiger partial charge on any atom is -0.481 e. The SMILES string of the molecule is Cc1nc(N)sc1C(=O)NC(CC(=O)O)c1ccccc1. The fourth-order valence-corrected chi connectivity index (χ4v) is 2.70. The van der Waals surface area contributed by atoms with Gasteiger partial charge in [0.25, 0.3) is 5.91 Å². The van der Waals surface area contributed by atoms with Gasteiger partial charge in [-0.1, -0.05) is 41.7 Å². The molecule has 0 spiro atoms. The summed E-state index contributed by atoms with van der Waals surface area (Å²) in [5, 5.41) is 12.0. The van der Waals surface area contributed by atoms with Gasteiger partial charge in [0, 0.05) is 0 Å². The monoisotopic (exact) mass is 305 g/mol. The maximum absolute atomic E-state index is 12.3. The standard InChI is InChI=1S/C14H15N3O3S/c1-8-12(21-14(15)16-8)13(20)17-10(7-11(18)19)9-5-3-2-4-6-9/h2-6,10H,7H2,1H3,(H2,15,16)(H,17,20)(H,18,19). The number of benzene rings is 1. The summed E-state index contributed by atoms with van der Waals surface area (Å²) in [6.45, 7) is 1.69. The Morgan fingerprint density at radius 2 is 2.05 bits per heavy atom. The zero-order valence-electron chi connectivity index (χ0n) is 11.4. The van der Waals surface area contributed by atoms with E-state index in [2.05, 4.69) is 10.3 Å². The van der Waals surface area contributed by atoms with Crippen LogP contribution < -0.4 is 11.1 Å². The molecule has 0 radical (unpaired) electrons. The number of rotatable bonds is 5. The molecular formula is C14H15N3O3S. The van der Waals surface area contributed by atoms with Crippen LogP contribution in [0.1, 0.15) is 33.4 Å². The quantitative estimate of drug-likeness (QED) is 0.783. The van der Waals surface area contributed by atoms with Gasteiger partial charge in [-0.2, -0.15) is 0 Å². The molecule has 0 aliphatic carbocycles. The molecule has 0 saturated carbocycles. The highest BCUT2D eigenvalue weighted by molar-refractivity contribution is 7.17. The van der Waals surface area contributed by atoms with Crippen LogP contribution in [0.3, 0.4) is 0 Å². The van der Waals surface area contributed by atoms with E-state index < -0.39 is 12.0 Å². The lowest BCUT2D eigenvalue weighted by Gasteiger charge is -2.17. The number of amides is 1. The lowest BCUT2D eigenvalue weighted by atomic mass is 10.0. The molecule has 0 bridgehead atoms. The van der Waals surface area contributed by atoms with Crippen molar-refractivity contribution in [2.24, 2.45) is 0 Å². The van der Waals surface area contributed by atoms with Crippen LogP contribution in [0.2, 0.25) is 0 Å². The number of thiazole rings is 1. The maximum Gasteiger partial charge on any atom is 0.305 e. The second-order valence-corrected chi connectivity index (χ2v) is 5.53. The van der Waals surface area contributed by atoms with E-state index in [-0.39, 0.29) is 12.3 Å². The number of aryl methyl sites for hydroxylation is 1. The first-order chi connectivity index (χ1) is 9.97. The Morgan fingerprint density at radius 1 is 1.38 bits per heavy atom. The highest BCUT2D eigenvalue weighted by Gasteiger charge is 2.21. The summed E-state index contributed by atoms with van der Waals surface area (Å²) in [6.07, 6.45) is -0.191. The van der Waals surface area contributed by atoms with Gasteiger partial charge in [0.2, 0.25) is 0 Å². The Morgan fingerprint density at radius 3 is 2.57 bits per heavy atom. The summed E-state index contributed by atoms with van der Waals surface area (Å²) in [7, 11) is 0. The predicted octanol–water partition coefficient (Wildman–Crippen LogP) is 1.98. The van der Waals surface area contributed by atoms with Crippen molar-refractivity contribution in [3.63, 3.8) is 0 Å². The van der Waals surface area contributed by atoms with E-state index in [1.54, 1.807) is 31.2 Å². The molecule has 0 saturated heterocycles. The van der Waals surface area contributed by atoms with Gasteiger partial charge in [0.05, 0.1) is 18.2 Å². The van der Waals surface area contributed by atoms with E-state index >= 15 is 0 Å². The molecule has 1 atom stereocenters. The van der Waals surface area contributed by atoms with E-state index in [1.807, 2.05) is 6.07 Å². The molecule has 21 heavy (non-hydrogen) atoms. The van der Waals surface area contributed by atoms with Crippen molar-refractivity contribution in [3.05, 3.63) is 46.5 Å². The third kappa shape index (κ3) is 3.79. The number of aromatic nitrogens is 1. The minimum atomic E-state index is -0.982. The topological polar surface area (TPSA) is 105 Å². The second-order valence-electron chi connectivity index (χ2n) is 4.50. The Balaban J connectivity index is 2.21. The molecule has 1 aromatic heterocycles. The number of hydrogen-bond acceptors (Lipinski definition) is 5. The predicted molar refractivity (Wildman–Crippen MR) is 80.2 cm³/mol. The van der Waals surface area contributed by atoms with Gasteiger partial charge < -0.3 is 16.2 Å². The van der Waals surface area contributed by atoms with Crippen LogP contribution in [0.15, 0.2) is 30.3 Å². The van der Waals surface area contributed by atoms with Gasteiger partial charge in [-0.25, -0.2) is 4.98 Å². The van der Waals surface area contributed by atoms with E-state index in [0.717, 1.165) is 16.9 Å². The first kappa shape index (κ1) is 15.0. The number of nitrogens with one attached hydrogen (secondary N) is 1. The number of nitrogen functional groups attached to an aromatic ring is 1. The van der Waals surface area contributed by atoms with Crippen molar-refractivity contribution in [1.29, 1.82) is 0 Å². The third-order valence-corrected chi connectivity index (χ3v) is 3.89. The molecule has 6 nitrogen and oxygen atoms in total. The number of carbonyl (C=O) groups excluding carboxylic acids is 1. The first-order valence-corrected chi connectivity index (χ1v) is 7.09. The molecule has 110 valence electrons. The molecular weight excluding hydrogens is 290 g/mol. The van der Waals surface area contributed by atoms with Gasteiger partial charge in [-0.15, -0.1) is 0 Å². The number of anilines is 1. The van der Waals surface area contributed by atoms with Crippen molar-refractivity contribution in [3.8, 4) is 0 Å². The molecule has 0 fully saturated rings. The largest absolute Gasteiger partial charge is 0.481 e. The van der Waals surface area contributed by atoms with Crippen molar-refractivity contribution >= 4 is 28.3 Å². The van der Waals surface area contributed by atoms with Crippen molar-refractivity contribution in [1.82, 2.24) is 10.3 Å². The van der Waals surface area contributed by atoms with Crippen LogP contribution in [0.25, 0.3) is 0 Å². The number of carboxylic acids is 1. The van der Waals surface area contributed by atoms with Crippen LogP contribution in [0.5, 0.6) is 0 Å². The van der Waals surface area contributed by atoms with Gasteiger partial charge in [0.1, 0.15) is 4.88 Å². The third-order valence-electron chi connectivity index (χ3n) is 2.91. The van der Waals surface area contributed by atoms with E-state index in [9.17, 15) is 9.59 Å². The average molecular weight is 305 g/mol. The number of nitrogens with two attached hydrogens (primary N) is 1. The van der Waals surface area contributed by atoms with Gasteiger partial charge >= 0.3 is 5.97 Å². The Labute approximate surface area is 125 Å². The first-order valence-electron chi connectivity index (χ1n) is 6.28. The van der Waals surface area contributed by atoms with Crippen LogP contribution >= 0.6 is 11.3 Å². The molecule has 1 aromatic carbocycles. The number of nitrogens with zero attached hydrogens (tertiary/aromatic N) is 1. The smallest absolute Gasteiger partial charge is 0.305 e. The summed E-state index contributed by atoms with van der Waals surface area (Å²) in [4.78, 5) is 27.6. The molecule has 1 unspecified atom stereocenters. The molecule has 1 amide bonds. The molecule has 2 aromatic rings. The van der Waals surface area contributed by atoms with E-state index in [0.29, 0.717) is 15.7 Å². The second kappa shape index (κ2) is 6.36. The lowest BCUT2D eigenvalue weighted by molar-refractivity contribution is -0.137. The van der Waals surface area contributed by atoms with Gasteiger partial charge in [-0.3, -0.25) is 9.59 Å². The van der Waals surface area contributed by atoms with Crippen LogP contribution in [0, 0.1) is 6.92 Å². The minimum absolute atomic E-state index is 0.191. The summed E-state index contributed by atoms with van der Waals surface area (Å²) < 4.78 is 0. The number of carboxylic acid groups (broad SMARTS) is 1. The average Bonchev–Trinajstić information content (AvgIpc) is 2.77. The van der Waals surface area contributed by atoms with Crippen LogP contribution in [0.4, 0.5) is 5.13 Å². The van der Waals surface area contributed by atoms with Crippen molar-refractivity contribution < 1.29 is 14.7 Å². The summed E-state index contributed by atoms with van der Waals surface area (Å²) >= 11 is 1.09. The summed E-state index contributed by atoms with van der Waals surface area (Å²) in [6, 6.07) is 8.39. The fourth-order valence-electron chi connectivity index (χ4n) is 1.96. The number of carbonyl (C=O) groups is 2. The summed E-state index contributed by atoms with van der Waals surface area (Å²) in [5.41, 5.74) is 6.85.